The van der Waals surface area contributed by atoms with E-state index in [-0.39, 0.29) is 12.4 Å². The molecule has 0 saturated heterocycles. The predicted molar refractivity (Wildman–Crippen MR) is 106 cm³/mol. The average Bonchev–Trinajstić information content (AvgIpc) is 2.59. The standard InChI is InChI=1S/C22H23N.ClH/c1-18-11-13-20(14-12-18)17-21-9-5-6-10-22(21)23-16-15-19-7-3-2-4-8-19;/h2-14,23H,15-17H2,1H3;1H. The fourth-order valence-corrected chi connectivity index (χ4v) is 2.76. The van der Waals surface area contributed by atoms with Crippen LogP contribution in [0.3, 0.4) is 0 Å². The van der Waals surface area contributed by atoms with Gasteiger partial charge in [-0.1, -0.05) is 78.4 Å². The Morgan fingerprint density at radius 1 is 0.708 bits per heavy atom. The first-order valence-electron chi connectivity index (χ1n) is 8.22. The van der Waals surface area contributed by atoms with Crippen molar-refractivity contribution in [2.24, 2.45) is 0 Å². The Morgan fingerprint density at radius 2 is 1.38 bits per heavy atom. The van der Waals surface area contributed by atoms with Crippen molar-refractivity contribution < 1.29 is 0 Å². The van der Waals surface area contributed by atoms with Gasteiger partial charge < -0.3 is 5.32 Å². The summed E-state index contributed by atoms with van der Waals surface area (Å²) in [4.78, 5) is 0. The van der Waals surface area contributed by atoms with Crippen LogP contribution in [-0.4, -0.2) is 6.54 Å². The Bertz CT molecular complexity index is 735. The maximum Gasteiger partial charge on any atom is 0.0376 e. The van der Waals surface area contributed by atoms with E-state index in [1.807, 2.05) is 0 Å². The van der Waals surface area contributed by atoms with E-state index in [2.05, 4.69) is 91.1 Å². The highest BCUT2D eigenvalue weighted by atomic mass is 35.5. The van der Waals surface area contributed by atoms with Gasteiger partial charge in [0.05, 0.1) is 0 Å². The Hall–Kier alpha value is -2.25. The third kappa shape index (κ3) is 5.14. The van der Waals surface area contributed by atoms with Gasteiger partial charge in [-0.25, -0.2) is 0 Å². The number of rotatable bonds is 6. The molecule has 0 aliphatic heterocycles. The maximum absolute atomic E-state index is 3.59. The van der Waals surface area contributed by atoms with Crippen LogP contribution < -0.4 is 5.32 Å². The van der Waals surface area contributed by atoms with E-state index in [9.17, 15) is 0 Å². The van der Waals surface area contributed by atoms with Gasteiger partial charge in [0.2, 0.25) is 0 Å². The van der Waals surface area contributed by atoms with Crippen molar-refractivity contribution in [3.63, 3.8) is 0 Å². The lowest BCUT2D eigenvalue weighted by molar-refractivity contribution is 1.01. The Morgan fingerprint density at radius 3 is 2.12 bits per heavy atom. The van der Waals surface area contributed by atoms with E-state index in [1.165, 1.54) is 27.9 Å². The lowest BCUT2D eigenvalue weighted by Gasteiger charge is -2.12. The number of para-hydroxylation sites is 1. The summed E-state index contributed by atoms with van der Waals surface area (Å²) in [5.74, 6) is 0. The lowest BCUT2D eigenvalue weighted by atomic mass is 10.0. The van der Waals surface area contributed by atoms with Gasteiger partial charge in [0, 0.05) is 12.2 Å². The average molecular weight is 338 g/mol. The van der Waals surface area contributed by atoms with Crippen LogP contribution in [0.1, 0.15) is 22.3 Å². The Balaban J connectivity index is 0.00000208. The first-order chi connectivity index (χ1) is 11.3. The third-order valence-electron chi connectivity index (χ3n) is 4.10. The molecule has 0 aliphatic rings. The number of anilines is 1. The van der Waals surface area contributed by atoms with Gasteiger partial charge in [-0.15, -0.1) is 12.4 Å². The second-order valence-corrected chi connectivity index (χ2v) is 5.98. The maximum atomic E-state index is 3.59. The minimum absolute atomic E-state index is 0. The molecule has 0 aliphatic carbocycles. The Kier molecular flexibility index (Phi) is 6.89. The zero-order valence-corrected chi connectivity index (χ0v) is 14.9. The highest BCUT2D eigenvalue weighted by molar-refractivity contribution is 5.85. The second-order valence-electron chi connectivity index (χ2n) is 5.98. The predicted octanol–water partition coefficient (Wildman–Crippen LogP) is 5.66. The summed E-state index contributed by atoms with van der Waals surface area (Å²) in [5.41, 5.74) is 6.63. The Labute approximate surface area is 151 Å². The van der Waals surface area contributed by atoms with Crippen LogP contribution in [0.25, 0.3) is 0 Å². The van der Waals surface area contributed by atoms with E-state index in [0.29, 0.717) is 0 Å². The van der Waals surface area contributed by atoms with Crippen LogP contribution in [-0.2, 0) is 12.8 Å². The number of hydrogen-bond acceptors (Lipinski definition) is 1. The molecule has 0 heterocycles. The molecule has 3 aromatic rings. The first-order valence-corrected chi connectivity index (χ1v) is 8.22. The van der Waals surface area contributed by atoms with Crippen molar-refractivity contribution in [2.45, 2.75) is 19.8 Å². The molecule has 1 N–H and O–H groups in total. The van der Waals surface area contributed by atoms with Gasteiger partial charge in [0.25, 0.3) is 0 Å². The van der Waals surface area contributed by atoms with Gasteiger partial charge in [-0.2, -0.15) is 0 Å². The van der Waals surface area contributed by atoms with Crippen LogP contribution in [0.5, 0.6) is 0 Å². The fraction of sp³-hybridized carbons (Fsp3) is 0.182. The zero-order chi connectivity index (χ0) is 15.9. The highest BCUT2D eigenvalue weighted by Crippen LogP contribution is 2.19. The smallest absolute Gasteiger partial charge is 0.0376 e. The van der Waals surface area contributed by atoms with Crippen molar-refractivity contribution in [1.29, 1.82) is 0 Å². The summed E-state index contributed by atoms with van der Waals surface area (Å²) in [5, 5.41) is 3.59. The topological polar surface area (TPSA) is 12.0 Å². The van der Waals surface area contributed by atoms with E-state index < -0.39 is 0 Å². The number of nitrogens with one attached hydrogen (secondary N) is 1. The molecule has 0 fully saturated rings. The minimum Gasteiger partial charge on any atom is -0.384 e. The zero-order valence-electron chi connectivity index (χ0n) is 14.0. The fourth-order valence-electron chi connectivity index (χ4n) is 2.76. The van der Waals surface area contributed by atoms with Crippen LogP contribution >= 0.6 is 12.4 Å². The molecule has 0 aromatic heterocycles. The van der Waals surface area contributed by atoms with Crippen molar-refractivity contribution in [2.75, 3.05) is 11.9 Å². The molecule has 0 unspecified atom stereocenters. The molecule has 24 heavy (non-hydrogen) atoms. The minimum atomic E-state index is 0. The molecule has 3 rings (SSSR count). The van der Waals surface area contributed by atoms with Crippen LogP contribution in [0.15, 0.2) is 78.9 Å². The molecular formula is C22H24ClN. The second kappa shape index (κ2) is 9.14. The molecule has 3 aromatic carbocycles. The third-order valence-corrected chi connectivity index (χ3v) is 4.10. The molecule has 0 radical (unpaired) electrons. The summed E-state index contributed by atoms with van der Waals surface area (Å²) >= 11 is 0. The molecule has 124 valence electrons. The van der Waals surface area contributed by atoms with Crippen LogP contribution in [0, 0.1) is 6.92 Å². The number of aryl methyl sites for hydroxylation is 1. The normalized spacial score (nSPS) is 10.0. The van der Waals surface area contributed by atoms with E-state index in [4.69, 9.17) is 0 Å². The first kappa shape index (κ1) is 18.1. The van der Waals surface area contributed by atoms with E-state index in [0.717, 1.165) is 19.4 Å². The van der Waals surface area contributed by atoms with Gasteiger partial charge in [0.15, 0.2) is 0 Å². The lowest BCUT2D eigenvalue weighted by Crippen LogP contribution is -2.07. The van der Waals surface area contributed by atoms with Crippen molar-refractivity contribution >= 4 is 18.1 Å². The summed E-state index contributed by atoms with van der Waals surface area (Å²) in [6.07, 6.45) is 2.01. The summed E-state index contributed by atoms with van der Waals surface area (Å²) in [6.45, 7) is 3.08. The van der Waals surface area contributed by atoms with Crippen molar-refractivity contribution in [1.82, 2.24) is 0 Å². The molecule has 0 spiro atoms. The molecular weight excluding hydrogens is 314 g/mol. The molecule has 0 atom stereocenters. The number of benzene rings is 3. The van der Waals surface area contributed by atoms with E-state index >= 15 is 0 Å². The van der Waals surface area contributed by atoms with Crippen LogP contribution in [0.2, 0.25) is 0 Å². The quantitative estimate of drug-likeness (QED) is 0.611. The largest absolute Gasteiger partial charge is 0.384 e. The van der Waals surface area contributed by atoms with Crippen molar-refractivity contribution in [3.8, 4) is 0 Å². The van der Waals surface area contributed by atoms with Gasteiger partial charge in [-0.05, 0) is 42.5 Å². The highest BCUT2D eigenvalue weighted by Gasteiger charge is 2.03. The summed E-state index contributed by atoms with van der Waals surface area (Å²) < 4.78 is 0. The number of hydrogen-bond donors (Lipinski definition) is 1. The SMILES string of the molecule is Cc1ccc(Cc2ccccc2NCCc2ccccc2)cc1.Cl. The van der Waals surface area contributed by atoms with Gasteiger partial charge in [-0.3, -0.25) is 0 Å². The summed E-state index contributed by atoms with van der Waals surface area (Å²) in [7, 11) is 0. The van der Waals surface area contributed by atoms with Crippen LogP contribution in [0.4, 0.5) is 5.69 Å². The molecule has 0 amide bonds. The van der Waals surface area contributed by atoms with Crippen molar-refractivity contribution in [3.05, 3.63) is 101 Å². The van der Waals surface area contributed by atoms with E-state index in [1.54, 1.807) is 0 Å². The molecule has 2 heteroatoms. The summed E-state index contributed by atoms with van der Waals surface area (Å²) in [6, 6.07) is 28.0. The molecule has 0 saturated carbocycles. The number of halogens is 1. The van der Waals surface area contributed by atoms with Gasteiger partial charge in [0.1, 0.15) is 0 Å². The molecule has 1 nitrogen and oxygen atoms in total. The van der Waals surface area contributed by atoms with Gasteiger partial charge >= 0.3 is 0 Å². The molecule has 0 bridgehead atoms. The monoisotopic (exact) mass is 337 g/mol.